The molecule has 0 aliphatic rings. The molecule has 0 fully saturated rings. The maximum Gasteiger partial charge on any atom is 0.254 e. The van der Waals surface area contributed by atoms with Gasteiger partial charge in [-0.25, -0.2) is 9.37 Å². The zero-order chi connectivity index (χ0) is 13.1. The van der Waals surface area contributed by atoms with Gasteiger partial charge in [-0.05, 0) is 33.4 Å². The topological polar surface area (TPSA) is 42.0 Å². The Labute approximate surface area is 114 Å². The van der Waals surface area contributed by atoms with Gasteiger partial charge in [-0.2, -0.15) is 4.39 Å². The fraction of sp³-hybridized carbons (Fsp3) is 0.0909. The highest BCUT2D eigenvalue weighted by molar-refractivity contribution is 9.10. The Kier molecular flexibility index (Phi) is 4.03. The molecule has 0 bridgehead atoms. The minimum absolute atomic E-state index is 0.250. The van der Waals surface area contributed by atoms with Gasteiger partial charge in [0, 0.05) is 15.5 Å². The van der Waals surface area contributed by atoms with Crippen LogP contribution in [0.3, 0.4) is 0 Å². The van der Waals surface area contributed by atoms with Crippen molar-refractivity contribution in [2.45, 2.75) is 6.54 Å². The van der Waals surface area contributed by atoms with Gasteiger partial charge in [-0.3, -0.25) is 4.79 Å². The van der Waals surface area contributed by atoms with E-state index in [0.717, 1.165) is 21.6 Å². The number of hydrogen-bond acceptors (Lipinski definition) is 3. The normalized spacial score (nSPS) is 10.4. The van der Waals surface area contributed by atoms with E-state index >= 15 is 0 Å². The van der Waals surface area contributed by atoms with Gasteiger partial charge in [0.25, 0.3) is 5.91 Å². The fourth-order valence-corrected chi connectivity index (χ4v) is 2.73. The van der Waals surface area contributed by atoms with Gasteiger partial charge in [0.15, 0.2) is 5.82 Å². The van der Waals surface area contributed by atoms with Crippen molar-refractivity contribution in [1.82, 2.24) is 10.3 Å². The van der Waals surface area contributed by atoms with Gasteiger partial charge in [0.05, 0.1) is 12.1 Å². The molecule has 0 spiro atoms. The summed E-state index contributed by atoms with van der Waals surface area (Å²) >= 11 is 4.77. The van der Waals surface area contributed by atoms with Crippen LogP contribution < -0.4 is 5.32 Å². The molecule has 2 aromatic rings. The second kappa shape index (κ2) is 5.53. The molecule has 7 heteroatoms. The quantitative estimate of drug-likeness (QED) is 0.877. The highest BCUT2D eigenvalue weighted by Crippen LogP contribution is 2.22. The Morgan fingerprint density at radius 1 is 1.44 bits per heavy atom. The van der Waals surface area contributed by atoms with Crippen LogP contribution in [0.25, 0.3) is 0 Å². The lowest BCUT2D eigenvalue weighted by atomic mass is 10.2. The first-order valence-electron chi connectivity index (χ1n) is 4.89. The van der Waals surface area contributed by atoms with E-state index in [1.807, 2.05) is 11.4 Å². The summed E-state index contributed by atoms with van der Waals surface area (Å²) in [6.07, 6.45) is 1.05. The predicted octanol–water partition coefficient (Wildman–Crippen LogP) is 3.11. The Balaban J connectivity index is 2.09. The van der Waals surface area contributed by atoms with Crippen molar-refractivity contribution in [3.05, 3.63) is 50.4 Å². The Morgan fingerprint density at radius 2 is 2.22 bits per heavy atom. The lowest BCUT2D eigenvalue weighted by Gasteiger charge is -2.05. The van der Waals surface area contributed by atoms with E-state index < -0.39 is 17.7 Å². The van der Waals surface area contributed by atoms with Crippen LogP contribution in [0.5, 0.6) is 0 Å². The molecule has 1 amide bonds. The maximum absolute atomic E-state index is 13.3. The molecule has 2 heterocycles. The van der Waals surface area contributed by atoms with Crippen molar-refractivity contribution in [2.75, 3.05) is 0 Å². The molecule has 0 atom stereocenters. The second-order valence-corrected chi connectivity index (χ2v) is 5.19. The maximum atomic E-state index is 13.3. The van der Waals surface area contributed by atoms with Gasteiger partial charge >= 0.3 is 0 Å². The minimum Gasteiger partial charge on any atom is -0.347 e. The van der Waals surface area contributed by atoms with Crippen LogP contribution in [0.4, 0.5) is 8.78 Å². The monoisotopic (exact) mass is 332 g/mol. The molecule has 1 N–H and O–H groups in total. The number of halogens is 3. The van der Waals surface area contributed by atoms with Crippen LogP contribution in [-0.2, 0) is 6.54 Å². The van der Waals surface area contributed by atoms with Crippen molar-refractivity contribution >= 4 is 33.2 Å². The van der Waals surface area contributed by atoms with E-state index in [1.54, 1.807) is 0 Å². The molecule has 0 aliphatic carbocycles. The van der Waals surface area contributed by atoms with Gasteiger partial charge in [-0.1, -0.05) is 0 Å². The molecule has 2 aromatic heterocycles. The third-order valence-electron chi connectivity index (χ3n) is 2.19. The number of thiophene rings is 1. The number of nitrogens with zero attached hydrogens (tertiary/aromatic N) is 1. The molecule has 0 saturated heterocycles. The first-order chi connectivity index (χ1) is 8.59. The highest BCUT2D eigenvalue weighted by atomic mass is 79.9. The number of amides is 1. The number of hydrogen-bond donors (Lipinski definition) is 1. The Morgan fingerprint density at radius 3 is 2.89 bits per heavy atom. The van der Waals surface area contributed by atoms with Gasteiger partial charge in [0.1, 0.15) is 0 Å². The number of rotatable bonds is 3. The van der Waals surface area contributed by atoms with E-state index in [2.05, 4.69) is 26.2 Å². The minimum atomic E-state index is -1.28. The molecule has 0 aliphatic heterocycles. The third kappa shape index (κ3) is 2.73. The van der Waals surface area contributed by atoms with Gasteiger partial charge < -0.3 is 5.32 Å². The summed E-state index contributed by atoms with van der Waals surface area (Å²) in [6, 6.07) is 2.98. The van der Waals surface area contributed by atoms with Crippen LogP contribution in [0.2, 0.25) is 0 Å². The summed E-state index contributed by atoms with van der Waals surface area (Å²) in [5.74, 6) is -3.19. The first kappa shape index (κ1) is 13.1. The largest absolute Gasteiger partial charge is 0.347 e. The standard InChI is InChI=1S/C11H7BrF2N2OS/c12-7-2-4-18-8(7)5-16-11(17)6-1-3-15-10(14)9(6)13/h1-4H,5H2,(H,16,17). The molecular weight excluding hydrogens is 326 g/mol. The Hall–Kier alpha value is -1.34. The SMILES string of the molecule is O=C(NCc1sccc1Br)c1ccnc(F)c1F. The van der Waals surface area contributed by atoms with Crippen molar-refractivity contribution in [2.24, 2.45) is 0 Å². The Bertz CT molecular complexity index is 588. The number of nitrogens with one attached hydrogen (secondary N) is 1. The van der Waals surface area contributed by atoms with E-state index in [0.29, 0.717) is 0 Å². The van der Waals surface area contributed by atoms with E-state index in [-0.39, 0.29) is 12.1 Å². The van der Waals surface area contributed by atoms with Crippen molar-refractivity contribution < 1.29 is 13.6 Å². The average Bonchev–Trinajstić information content (AvgIpc) is 2.75. The van der Waals surface area contributed by atoms with Crippen LogP contribution in [0, 0.1) is 11.8 Å². The van der Waals surface area contributed by atoms with Crippen LogP contribution in [0.15, 0.2) is 28.2 Å². The van der Waals surface area contributed by atoms with Crippen molar-refractivity contribution in [3.8, 4) is 0 Å². The van der Waals surface area contributed by atoms with E-state index in [1.165, 1.54) is 11.3 Å². The molecular formula is C11H7BrF2N2OS. The summed E-state index contributed by atoms with van der Waals surface area (Å²) in [7, 11) is 0. The molecule has 0 unspecified atom stereocenters. The smallest absolute Gasteiger partial charge is 0.254 e. The summed E-state index contributed by atoms with van der Waals surface area (Å²) in [6.45, 7) is 0.250. The van der Waals surface area contributed by atoms with E-state index in [4.69, 9.17) is 0 Å². The summed E-state index contributed by atoms with van der Waals surface area (Å²) in [5, 5.41) is 4.38. The van der Waals surface area contributed by atoms with Gasteiger partial charge in [-0.15, -0.1) is 11.3 Å². The van der Waals surface area contributed by atoms with E-state index in [9.17, 15) is 13.6 Å². The third-order valence-corrected chi connectivity index (χ3v) is 4.12. The molecule has 3 nitrogen and oxygen atoms in total. The van der Waals surface area contributed by atoms with Crippen molar-refractivity contribution in [1.29, 1.82) is 0 Å². The fourth-order valence-electron chi connectivity index (χ4n) is 1.30. The summed E-state index contributed by atoms with van der Waals surface area (Å²) in [5.41, 5.74) is -0.352. The lowest BCUT2D eigenvalue weighted by Crippen LogP contribution is -2.24. The molecule has 0 aromatic carbocycles. The van der Waals surface area contributed by atoms with Crippen LogP contribution >= 0.6 is 27.3 Å². The molecule has 0 radical (unpaired) electrons. The van der Waals surface area contributed by atoms with Crippen molar-refractivity contribution in [3.63, 3.8) is 0 Å². The van der Waals surface area contributed by atoms with Crippen LogP contribution in [-0.4, -0.2) is 10.9 Å². The number of aromatic nitrogens is 1. The second-order valence-electron chi connectivity index (χ2n) is 3.34. The summed E-state index contributed by atoms with van der Waals surface area (Å²) < 4.78 is 27.0. The number of carbonyl (C=O) groups excluding carboxylic acids is 1. The average molecular weight is 333 g/mol. The zero-order valence-electron chi connectivity index (χ0n) is 8.91. The zero-order valence-corrected chi connectivity index (χ0v) is 11.3. The first-order valence-corrected chi connectivity index (χ1v) is 6.57. The highest BCUT2D eigenvalue weighted by Gasteiger charge is 2.16. The van der Waals surface area contributed by atoms with Gasteiger partial charge in [0.2, 0.25) is 5.95 Å². The predicted molar refractivity (Wildman–Crippen MR) is 67.3 cm³/mol. The van der Waals surface area contributed by atoms with Crippen LogP contribution in [0.1, 0.15) is 15.2 Å². The summed E-state index contributed by atoms with van der Waals surface area (Å²) in [4.78, 5) is 15.7. The molecule has 18 heavy (non-hydrogen) atoms. The molecule has 94 valence electrons. The molecule has 0 saturated carbocycles. The lowest BCUT2D eigenvalue weighted by molar-refractivity contribution is 0.0945. The number of pyridine rings is 1. The molecule has 2 rings (SSSR count). The number of carbonyl (C=O) groups is 1.